The van der Waals surface area contributed by atoms with E-state index in [0.717, 1.165) is 33.6 Å². The first kappa shape index (κ1) is 33.2. The highest BCUT2D eigenvalue weighted by atomic mass is 32.1. The van der Waals surface area contributed by atoms with E-state index in [-0.39, 0.29) is 0 Å². The van der Waals surface area contributed by atoms with Crippen LogP contribution < -0.4 is 0 Å². The third-order valence-electron chi connectivity index (χ3n) is 11.6. The number of rotatable bonds is 5. The Morgan fingerprint density at radius 2 is 0.690 bits per heavy atom. The lowest BCUT2D eigenvalue weighted by molar-refractivity contribution is 1.25. The van der Waals surface area contributed by atoms with Gasteiger partial charge in [0.1, 0.15) is 0 Å². The molecule has 4 heterocycles. The molecule has 12 rings (SSSR count). The second-order valence-electron chi connectivity index (χ2n) is 15.0. The van der Waals surface area contributed by atoms with E-state index in [4.69, 9.17) is 9.97 Å². The van der Waals surface area contributed by atoms with Gasteiger partial charge in [-0.05, 0) is 127 Å². The molecule has 270 valence electrons. The smallest absolute Gasteiger partial charge is 0.0892 e. The van der Waals surface area contributed by atoms with Gasteiger partial charge in [0.15, 0.2) is 0 Å². The van der Waals surface area contributed by atoms with Crippen LogP contribution in [0.3, 0.4) is 0 Å². The molecule has 0 fully saturated rings. The number of aromatic nitrogens is 2. The highest BCUT2D eigenvalue weighted by molar-refractivity contribution is 7.26. The molecule has 0 N–H and O–H groups in total. The normalized spacial score (nSPS) is 11.8. The Bertz CT molecular complexity index is 3350. The molecule has 0 aliphatic rings. The lowest BCUT2D eigenvalue weighted by Gasteiger charge is -2.10. The second-order valence-corrected chi connectivity index (χ2v) is 17.1. The molecule has 0 saturated carbocycles. The van der Waals surface area contributed by atoms with Gasteiger partial charge in [-0.25, -0.2) is 0 Å². The summed E-state index contributed by atoms with van der Waals surface area (Å²) < 4.78 is 5.32. The van der Waals surface area contributed by atoms with Gasteiger partial charge in [-0.3, -0.25) is 9.97 Å². The van der Waals surface area contributed by atoms with Crippen LogP contribution in [0.25, 0.3) is 118 Å². The molecule has 0 aliphatic carbocycles. The summed E-state index contributed by atoms with van der Waals surface area (Å²) in [7, 11) is 0. The first-order chi connectivity index (χ1) is 28.7. The van der Waals surface area contributed by atoms with Crippen molar-refractivity contribution in [2.75, 3.05) is 0 Å². The fraction of sp³-hybridized carbons (Fsp3) is 0. The Balaban J connectivity index is 0.875. The summed E-state index contributed by atoms with van der Waals surface area (Å²) >= 11 is 3.75. The van der Waals surface area contributed by atoms with Crippen LogP contribution in [-0.2, 0) is 0 Å². The van der Waals surface area contributed by atoms with E-state index in [9.17, 15) is 0 Å². The van der Waals surface area contributed by atoms with E-state index in [1.54, 1.807) is 0 Å². The Morgan fingerprint density at radius 1 is 0.293 bits per heavy atom. The zero-order valence-electron chi connectivity index (χ0n) is 31.2. The van der Waals surface area contributed by atoms with Gasteiger partial charge in [0.25, 0.3) is 0 Å². The molecule has 12 aromatic rings. The number of hydrogen-bond donors (Lipinski definition) is 0. The molecule has 0 spiro atoms. The Morgan fingerprint density at radius 3 is 1.17 bits per heavy atom. The highest BCUT2D eigenvalue weighted by Gasteiger charge is 2.14. The quantitative estimate of drug-likeness (QED) is 0.174. The van der Waals surface area contributed by atoms with E-state index in [2.05, 4.69) is 182 Å². The van der Waals surface area contributed by atoms with Crippen molar-refractivity contribution < 1.29 is 0 Å². The fourth-order valence-electron chi connectivity index (χ4n) is 8.64. The van der Waals surface area contributed by atoms with Crippen LogP contribution in [0.15, 0.2) is 194 Å². The van der Waals surface area contributed by atoms with E-state index in [1.807, 2.05) is 35.1 Å². The maximum atomic E-state index is 4.81. The van der Waals surface area contributed by atoms with Crippen molar-refractivity contribution in [3.63, 3.8) is 0 Å². The summed E-state index contributed by atoms with van der Waals surface area (Å²) in [6.45, 7) is 0. The van der Waals surface area contributed by atoms with Crippen molar-refractivity contribution in [1.82, 2.24) is 9.97 Å². The summed E-state index contributed by atoms with van der Waals surface area (Å²) in [5.74, 6) is 0. The third kappa shape index (κ3) is 5.53. The summed E-state index contributed by atoms with van der Waals surface area (Å²) in [5, 5.41) is 10.2. The molecular weight excluding hydrogens is 741 g/mol. The molecular formula is C54H32N2S2. The molecule has 58 heavy (non-hydrogen) atoms. The molecule has 0 amide bonds. The number of thiophene rings is 2. The van der Waals surface area contributed by atoms with Crippen LogP contribution in [0.5, 0.6) is 0 Å². The zero-order chi connectivity index (χ0) is 38.2. The number of hydrogen-bond acceptors (Lipinski definition) is 4. The van der Waals surface area contributed by atoms with Crippen LogP contribution in [0.1, 0.15) is 0 Å². The van der Waals surface area contributed by atoms with Crippen LogP contribution in [0.2, 0.25) is 0 Å². The monoisotopic (exact) mass is 772 g/mol. The molecule has 0 unspecified atom stereocenters. The van der Waals surface area contributed by atoms with Crippen LogP contribution >= 0.6 is 22.7 Å². The van der Waals surface area contributed by atoms with Crippen molar-refractivity contribution in [2.24, 2.45) is 0 Å². The van der Waals surface area contributed by atoms with Gasteiger partial charge in [0.2, 0.25) is 0 Å². The first-order valence-electron chi connectivity index (χ1n) is 19.5. The van der Waals surface area contributed by atoms with Gasteiger partial charge in [0.05, 0.1) is 11.4 Å². The Labute approximate surface area is 343 Å². The standard InChI is InChI=1S/C54H32N2S2/c1-3-13-51-45(7-1)47-11-5-9-43(53(47)57-51)39-21-17-33-15-19-35(27-41(33)29-39)37-23-25-55-49(31-37)50-32-38(24-26-56-50)36-20-16-34-18-22-40(30-42(34)28-36)44-10-6-12-48-46-8-2-4-14-52(46)58-54(44)48/h1-32H. The number of benzene rings is 8. The molecule has 0 aliphatic heterocycles. The molecule has 0 atom stereocenters. The highest BCUT2D eigenvalue weighted by Crippen LogP contribution is 2.42. The summed E-state index contributed by atoms with van der Waals surface area (Å²) in [4.78, 5) is 9.62. The number of nitrogens with zero attached hydrogens (tertiary/aromatic N) is 2. The van der Waals surface area contributed by atoms with Crippen LogP contribution in [-0.4, -0.2) is 9.97 Å². The second kappa shape index (κ2) is 13.3. The van der Waals surface area contributed by atoms with Crippen molar-refractivity contribution in [2.45, 2.75) is 0 Å². The van der Waals surface area contributed by atoms with Crippen molar-refractivity contribution in [3.8, 4) is 55.9 Å². The van der Waals surface area contributed by atoms with Crippen LogP contribution in [0, 0.1) is 0 Å². The third-order valence-corrected chi connectivity index (χ3v) is 14.0. The van der Waals surface area contributed by atoms with Gasteiger partial charge < -0.3 is 0 Å². The predicted octanol–water partition coefficient (Wildman–Crippen LogP) is 15.9. The molecule has 2 nitrogen and oxygen atoms in total. The largest absolute Gasteiger partial charge is 0.255 e. The predicted molar refractivity (Wildman–Crippen MR) is 250 cm³/mol. The topological polar surface area (TPSA) is 25.8 Å². The van der Waals surface area contributed by atoms with E-state index >= 15 is 0 Å². The summed E-state index contributed by atoms with van der Waals surface area (Å²) in [6.07, 6.45) is 3.80. The number of fused-ring (bicyclic) bond motifs is 8. The first-order valence-corrected chi connectivity index (χ1v) is 21.2. The lowest BCUT2D eigenvalue weighted by Crippen LogP contribution is -1.90. The zero-order valence-corrected chi connectivity index (χ0v) is 32.8. The average molecular weight is 773 g/mol. The van der Waals surface area contributed by atoms with E-state index in [1.165, 1.54) is 84.1 Å². The minimum atomic E-state index is 0.851. The molecule has 8 aromatic carbocycles. The SMILES string of the molecule is c1ccc2c(c1)sc1c(-c3ccc4ccc(-c5ccnc(-c6cc(-c7ccc8ccc(-c9cccc%10c9sc9ccccc9%10)cc8c7)ccn6)c5)cc4c3)cccc12. The molecule has 4 aromatic heterocycles. The van der Waals surface area contributed by atoms with E-state index < -0.39 is 0 Å². The van der Waals surface area contributed by atoms with E-state index in [0.29, 0.717) is 0 Å². The summed E-state index contributed by atoms with van der Waals surface area (Å²) in [6, 6.07) is 66.4. The van der Waals surface area contributed by atoms with Gasteiger partial charge in [-0.15, -0.1) is 22.7 Å². The Hall–Kier alpha value is -6.98. The van der Waals surface area contributed by atoms with Crippen LogP contribution in [0.4, 0.5) is 0 Å². The van der Waals surface area contributed by atoms with Gasteiger partial charge in [0, 0.05) is 52.7 Å². The summed E-state index contributed by atoms with van der Waals surface area (Å²) in [5.41, 5.74) is 11.3. The average Bonchev–Trinajstić information content (AvgIpc) is 3.87. The fourth-order valence-corrected chi connectivity index (χ4v) is 11.1. The molecule has 4 heteroatoms. The van der Waals surface area contributed by atoms with Gasteiger partial charge in [-0.1, -0.05) is 121 Å². The molecule has 0 saturated heterocycles. The lowest BCUT2D eigenvalue weighted by atomic mass is 9.96. The van der Waals surface area contributed by atoms with Gasteiger partial charge >= 0.3 is 0 Å². The van der Waals surface area contributed by atoms with Gasteiger partial charge in [-0.2, -0.15) is 0 Å². The molecule has 0 radical (unpaired) electrons. The minimum absolute atomic E-state index is 0.851. The maximum Gasteiger partial charge on any atom is 0.0892 e. The van der Waals surface area contributed by atoms with Crippen molar-refractivity contribution in [3.05, 3.63) is 194 Å². The number of pyridine rings is 2. The Kier molecular flexibility index (Phi) is 7.62. The van der Waals surface area contributed by atoms with Crippen molar-refractivity contribution in [1.29, 1.82) is 0 Å². The van der Waals surface area contributed by atoms with Crippen molar-refractivity contribution >= 4 is 84.6 Å². The maximum absolute atomic E-state index is 4.81. The minimum Gasteiger partial charge on any atom is -0.255 e. The molecule has 0 bridgehead atoms.